The van der Waals surface area contributed by atoms with Gasteiger partial charge in [0.2, 0.25) is 0 Å². The van der Waals surface area contributed by atoms with Gasteiger partial charge in [-0.2, -0.15) is 11.8 Å². The van der Waals surface area contributed by atoms with Crippen LogP contribution in [0.5, 0.6) is 0 Å². The molecular formula is C11H16ClNS2. The Balaban J connectivity index is 1.88. The third kappa shape index (κ3) is 3.38. The molecule has 1 fully saturated rings. The first-order chi connectivity index (χ1) is 7.25. The van der Waals surface area contributed by atoms with E-state index in [0.717, 1.165) is 4.34 Å². The second-order valence-electron chi connectivity index (χ2n) is 3.94. The maximum absolute atomic E-state index is 5.93. The van der Waals surface area contributed by atoms with Gasteiger partial charge < -0.3 is 5.32 Å². The Labute approximate surface area is 105 Å². The van der Waals surface area contributed by atoms with Crippen molar-refractivity contribution in [3.63, 3.8) is 0 Å². The first kappa shape index (κ1) is 11.8. The summed E-state index contributed by atoms with van der Waals surface area (Å²) < 4.78 is 0.886. The molecule has 1 aromatic rings. The minimum atomic E-state index is 0.436. The van der Waals surface area contributed by atoms with Crippen molar-refractivity contribution < 1.29 is 0 Å². The molecule has 4 heteroatoms. The van der Waals surface area contributed by atoms with Gasteiger partial charge in [-0.15, -0.1) is 11.3 Å². The molecule has 2 unspecified atom stereocenters. The minimum absolute atomic E-state index is 0.436. The Bertz CT molecular complexity index is 307. The number of halogens is 1. The van der Waals surface area contributed by atoms with Crippen molar-refractivity contribution in [2.24, 2.45) is 0 Å². The topological polar surface area (TPSA) is 12.0 Å². The van der Waals surface area contributed by atoms with Crippen LogP contribution in [0, 0.1) is 0 Å². The highest BCUT2D eigenvalue weighted by Gasteiger charge is 2.17. The van der Waals surface area contributed by atoms with Crippen LogP contribution >= 0.6 is 34.7 Å². The number of thiophene rings is 1. The second kappa shape index (κ2) is 5.58. The summed E-state index contributed by atoms with van der Waals surface area (Å²) in [6, 6.07) is 5.22. The molecule has 2 atom stereocenters. The van der Waals surface area contributed by atoms with Crippen molar-refractivity contribution in [2.45, 2.75) is 31.8 Å². The summed E-state index contributed by atoms with van der Waals surface area (Å²) in [4.78, 5) is 1.34. The van der Waals surface area contributed by atoms with Crippen LogP contribution < -0.4 is 5.32 Å². The summed E-state index contributed by atoms with van der Waals surface area (Å²) >= 11 is 9.67. The fraction of sp³-hybridized carbons (Fsp3) is 0.636. The number of hydrogen-bond acceptors (Lipinski definition) is 3. The van der Waals surface area contributed by atoms with Crippen molar-refractivity contribution in [2.75, 3.05) is 11.5 Å². The van der Waals surface area contributed by atoms with Gasteiger partial charge in [0, 0.05) is 22.7 Å². The van der Waals surface area contributed by atoms with E-state index in [4.69, 9.17) is 11.6 Å². The zero-order valence-corrected chi connectivity index (χ0v) is 11.2. The van der Waals surface area contributed by atoms with Gasteiger partial charge in [-0.3, -0.25) is 0 Å². The molecule has 2 heterocycles. The van der Waals surface area contributed by atoms with Crippen LogP contribution in [0.3, 0.4) is 0 Å². The van der Waals surface area contributed by atoms with E-state index in [-0.39, 0.29) is 0 Å². The van der Waals surface area contributed by atoms with E-state index in [2.05, 4.69) is 30.1 Å². The lowest BCUT2D eigenvalue weighted by Gasteiger charge is -2.25. The van der Waals surface area contributed by atoms with Gasteiger partial charge in [-0.25, -0.2) is 0 Å². The fourth-order valence-corrected chi connectivity index (χ4v) is 4.03. The Hall–Kier alpha value is 0.300. The summed E-state index contributed by atoms with van der Waals surface area (Å²) in [6.07, 6.45) is 2.66. The Morgan fingerprint density at radius 3 is 3.00 bits per heavy atom. The molecule has 0 saturated carbocycles. The Morgan fingerprint density at radius 2 is 2.40 bits per heavy atom. The Morgan fingerprint density at radius 1 is 1.53 bits per heavy atom. The van der Waals surface area contributed by atoms with Crippen LogP contribution in [0.2, 0.25) is 4.34 Å². The fourth-order valence-electron chi connectivity index (χ4n) is 1.87. The number of hydrogen-bond donors (Lipinski definition) is 1. The first-order valence-corrected chi connectivity index (χ1v) is 7.69. The monoisotopic (exact) mass is 261 g/mol. The lowest BCUT2D eigenvalue weighted by molar-refractivity contribution is 0.456. The van der Waals surface area contributed by atoms with Gasteiger partial charge in [-0.1, -0.05) is 11.6 Å². The molecule has 0 aromatic carbocycles. The normalized spacial score (nSPS) is 24.0. The van der Waals surface area contributed by atoms with Crippen LogP contribution in [-0.4, -0.2) is 17.5 Å². The lowest BCUT2D eigenvalue weighted by atomic mass is 10.1. The standard InChI is InChI=1S/C11H16ClNS2/c1-8(10-4-5-11(12)15-10)13-9-3-2-6-14-7-9/h4-5,8-9,13H,2-3,6-7H2,1H3. The van der Waals surface area contributed by atoms with Crippen molar-refractivity contribution in [3.05, 3.63) is 21.3 Å². The average molecular weight is 262 g/mol. The largest absolute Gasteiger partial charge is 0.306 e. The summed E-state index contributed by atoms with van der Waals surface area (Å²) in [5, 5.41) is 3.68. The van der Waals surface area contributed by atoms with Crippen molar-refractivity contribution in [1.29, 1.82) is 0 Å². The van der Waals surface area contributed by atoms with E-state index in [9.17, 15) is 0 Å². The maximum Gasteiger partial charge on any atom is 0.0931 e. The van der Waals surface area contributed by atoms with Crippen LogP contribution in [0.15, 0.2) is 12.1 Å². The molecule has 0 radical (unpaired) electrons. The first-order valence-electron chi connectivity index (χ1n) is 5.35. The molecule has 1 aliphatic heterocycles. The third-order valence-electron chi connectivity index (χ3n) is 2.67. The van der Waals surface area contributed by atoms with E-state index in [1.54, 1.807) is 11.3 Å². The highest BCUT2D eigenvalue weighted by atomic mass is 35.5. The summed E-state index contributed by atoms with van der Waals surface area (Å²) in [6.45, 7) is 2.22. The molecule has 0 aliphatic carbocycles. The van der Waals surface area contributed by atoms with Crippen LogP contribution in [-0.2, 0) is 0 Å². The molecule has 15 heavy (non-hydrogen) atoms. The molecule has 84 valence electrons. The van der Waals surface area contributed by atoms with Gasteiger partial charge in [-0.05, 0) is 37.7 Å². The van der Waals surface area contributed by atoms with E-state index >= 15 is 0 Å². The van der Waals surface area contributed by atoms with Crippen molar-refractivity contribution >= 4 is 34.7 Å². The van der Waals surface area contributed by atoms with E-state index in [1.807, 2.05) is 6.07 Å². The zero-order chi connectivity index (χ0) is 10.7. The molecule has 1 N–H and O–H groups in total. The predicted molar refractivity (Wildman–Crippen MR) is 71.2 cm³/mol. The third-order valence-corrected chi connectivity index (χ3v) is 5.30. The smallest absolute Gasteiger partial charge is 0.0931 e. The zero-order valence-electron chi connectivity index (χ0n) is 8.83. The number of rotatable bonds is 3. The summed E-state index contributed by atoms with van der Waals surface area (Å²) in [7, 11) is 0. The molecule has 2 rings (SSSR count). The second-order valence-corrected chi connectivity index (χ2v) is 6.84. The molecule has 1 aliphatic rings. The van der Waals surface area contributed by atoms with Crippen molar-refractivity contribution in [1.82, 2.24) is 5.32 Å². The van der Waals surface area contributed by atoms with Crippen LogP contribution in [0.1, 0.15) is 30.7 Å². The van der Waals surface area contributed by atoms with E-state index in [1.165, 1.54) is 29.2 Å². The molecule has 0 spiro atoms. The summed E-state index contributed by atoms with van der Waals surface area (Å²) in [5.74, 6) is 2.58. The quantitative estimate of drug-likeness (QED) is 0.884. The van der Waals surface area contributed by atoms with Crippen LogP contribution in [0.25, 0.3) is 0 Å². The van der Waals surface area contributed by atoms with Gasteiger partial charge in [0.05, 0.1) is 4.34 Å². The molecular weight excluding hydrogens is 246 g/mol. The molecule has 0 bridgehead atoms. The minimum Gasteiger partial charge on any atom is -0.306 e. The molecule has 1 aromatic heterocycles. The highest BCUT2D eigenvalue weighted by molar-refractivity contribution is 7.99. The molecule has 0 amide bonds. The molecule has 1 nitrogen and oxygen atoms in total. The number of nitrogens with one attached hydrogen (secondary N) is 1. The SMILES string of the molecule is CC(NC1CCCSC1)c1ccc(Cl)s1. The highest BCUT2D eigenvalue weighted by Crippen LogP contribution is 2.28. The predicted octanol–water partition coefficient (Wildman–Crippen LogP) is 3.95. The van der Waals surface area contributed by atoms with Crippen molar-refractivity contribution in [3.8, 4) is 0 Å². The van der Waals surface area contributed by atoms with E-state index < -0.39 is 0 Å². The van der Waals surface area contributed by atoms with Gasteiger partial charge in [0.25, 0.3) is 0 Å². The van der Waals surface area contributed by atoms with Gasteiger partial charge in [0.15, 0.2) is 0 Å². The lowest BCUT2D eigenvalue weighted by Crippen LogP contribution is -2.35. The summed E-state index contributed by atoms with van der Waals surface area (Å²) in [5.41, 5.74) is 0. The van der Waals surface area contributed by atoms with Gasteiger partial charge in [0.1, 0.15) is 0 Å². The maximum atomic E-state index is 5.93. The van der Waals surface area contributed by atoms with Crippen LogP contribution in [0.4, 0.5) is 0 Å². The average Bonchev–Trinajstić information content (AvgIpc) is 2.66. The van der Waals surface area contributed by atoms with Gasteiger partial charge >= 0.3 is 0 Å². The molecule has 1 saturated heterocycles. The number of thioether (sulfide) groups is 1. The Kier molecular flexibility index (Phi) is 4.38. The van der Waals surface area contributed by atoms with E-state index in [0.29, 0.717) is 12.1 Å².